The van der Waals surface area contributed by atoms with E-state index in [1.54, 1.807) is 0 Å². The number of aryl methyl sites for hydroxylation is 2. The molecule has 2 aromatic carbocycles. The standard InChI is InChI=1S/C17H20.C9H18.C8H16.2CH3.2Y/c1-13-5-9-15(10-6-13)17(3,4)16-11-7-14(2)8-12-16;1-3-9-6-4-8(2)5-7-9;1-7-4-3-5-8(2)6-7;;;;/h5-12H,1-4H3;8-9H,3-7H2,1-2H3;7-8H,3-6H2,1-2H3;2*1H3;;/q;;;2*-1;;. The number of hydrogen-bond acceptors (Lipinski definition) is 0. The van der Waals surface area contributed by atoms with Crippen molar-refractivity contribution in [2.45, 2.75) is 119 Å². The van der Waals surface area contributed by atoms with E-state index < -0.39 is 0 Å². The summed E-state index contributed by atoms with van der Waals surface area (Å²) >= 11 is 0. The minimum Gasteiger partial charge on any atom is -0.358 e. The fraction of sp³-hybridized carbons (Fsp3) is 0.611. The molecular weight excluding hydrogens is 610 g/mol. The van der Waals surface area contributed by atoms with Crippen LogP contribution in [0.15, 0.2) is 48.5 Å². The minimum absolute atomic E-state index is 0. The number of hydrogen-bond donors (Lipinski definition) is 0. The van der Waals surface area contributed by atoms with Crippen LogP contribution in [0.4, 0.5) is 0 Å². The van der Waals surface area contributed by atoms with Crippen molar-refractivity contribution in [2.75, 3.05) is 0 Å². The van der Waals surface area contributed by atoms with Crippen LogP contribution in [0.3, 0.4) is 0 Å². The molecule has 0 aromatic heterocycles. The van der Waals surface area contributed by atoms with Gasteiger partial charge in [0.15, 0.2) is 0 Å². The maximum absolute atomic E-state index is 2.38. The van der Waals surface area contributed by atoms with Gasteiger partial charge in [0.1, 0.15) is 0 Å². The Labute approximate surface area is 290 Å². The van der Waals surface area contributed by atoms with Gasteiger partial charge >= 0.3 is 0 Å². The zero-order valence-corrected chi connectivity index (χ0v) is 32.6. The number of rotatable bonds is 3. The minimum atomic E-state index is 0. The van der Waals surface area contributed by atoms with Crippen LogP contribution in [0.2, 0.25) is 0 Å². The van der Waals surface area contributed by atoms with Crippen LogP contribution in [0.25, 0.3) is 0 Å². The van der Waals surface area contributed by atoms with Crippen LogP contribution in [0.1, 0.15) is 122 Å². The molecule has 2 aliphatic carbocycles. The maximum Gasteiger partial charge on any atom is 0.0146 e. The van der Waals surface area contributed by atoms with Crippen LogP contribution in [0.5, 0.6) is 0 Å². The maximum atomic E-state index is 2.38. The normalized spacial score (nSPS) is 22.2. The largest absolute Gasteiger partial charge is 0.358 e. The average Bonchev–Trinajstić information content (AvgIpc) is 2.81. The third-order valence-corrected chi connectivity index (χ3v) is 8.46. The fourth-order valence-corrected chi connectivity index (χ4v) is 5.58. The summed E-state index contributed by atoms with van der Waals surface area (Å²) in [6, 6.07) is 17.7. The first kappa shape index (κ1) is 43.1. The van der Waals surface area contributed by atoms with Crippen LogP contribution < -0.4 is 0 Å². The van der Waals surface area contributed by atoms with E-state index in [-0.39, 0.29) is 85.7 Å². The summed E-state index contributed by atoms with van der Waals surface area (Å²) in [5.74, 6) is 4.12. The molecule has 38 heavy (non-hydrogen) atoms. The molecule has 0 spiro atoms. The Morgan fingerprint density at radius 1 is 0.605 bits per heavy atom. The van der Waals surface area contributed by atoms with Gasteiger partial charge in [0.2, 0.25) is 0 Å². The third-order valence-electron chi connectivity index (χ3n) is 8.46. The van der Waals surface area contributed by atoms with Crippen molar-refractivity contribution < 1.29 is 65.4 Å². The van der Waals surface area contributed by atoms with Crippen LogP contribution in [-0.4, -0.2) is 0 Å². The summed E-state index contributed by atoms with van der Waals surface area (Å²) in [6.07, 6.45) is 13.3. The Hall–Kier alpha value is 0.648. The molecule has 2 radical (unpaired) electrons. The van der Waals surface area contributed by atoms with E-state index in [1.807, 2.05) is 0 Å². The van der Waals surface area contributed by atoms with E-state index in [2.05, 4.69) is 104 Å². The van der Waals surface area contributed by atoms with Crippen LogP contribution in [0, 0.1) is 52.4 Å². The molecule has 2 heteroatoms. The average molecular weight is 671 g/mol. The van der Waals surface area contributed by atoms with E-state index in [1.165, 1.54) is 80.0 Å². The molecule has 2 unspecified atom stereocenters. The van der Waals surface area contributed by atoms with Crippen molar-refractivity contribution in [1.29, 1.82) is 0 Å². The van der Waals surface area contributed by atoms with Gasteiger partial charge in [-0.05, 0) is 55.1 Å². The molecule has 0 aliphatic heterocycles. The van der Waals surface area contributed by atoms with Crippen molar-refractivity contribution in [2.24, 2.45) is 23.7 Å². The van der Waals surface area contributed by atoms with E-state index in [4.69, 9.17) is 0 Å². The second kappa shape index (κ2) is 22.3. The van der Waals surface area contributed by atoms with Gasteiger partial charge in [-0.25, -0.2) is 0 Å². The van der Waals surface area contributed by atoms with E-state index >= 15 is 0 Å². The molecule has 2 atom stereocenters. The molecule has 2 aliphatic rings. The summed E-state index contributed by atoms with van der Waals surface area (Å²) in [4.78, 5) is 0. The van der Waals surface area contributed by atoms with E-state index in [9.17, 15) is 0 Å². The van der Waals surface area contributed by atoms with Crippen molar-refractivity contribution >= 4 is 0 Å². The van der Waals surface area contributed by atoms with Gasteiger partial charge in [-0.15, -0.1) is 0 Å². The molecule has 4 rings (SSSR count). The molecule has 212 valence electrons. The smallest absolute Gasteiger partial charge is 0.0146 e. The van der Waals surface area contributed by atoms with Gasteiger partial charge in [0.25, 0.3) is 0 Å². The molecule has 0 heterocycles. The Bertz CT molecular complexity index is 743. The van der Waals surface area contributed by atoms with E-state index in [0.29, 0.717) is 0 Å². The second-order valence-electron chi connectivity index (χ2n) is 12.3. The fourth-order valence-electron chi connectivity index (χ4n) is 5.58. The first-order valence-corrected chi connectivity index (χ1v) is 14.3. The molecule has 0 bridgehead atoms. The first-order valence-electron chi connectivity index (χ1n) is 14.3. The zero-order chi connectivity index (χ0) is 25.1. The van der Waals surface area contributed by atoms with Crippen molar-refractivity contribution in [3.63, 3.8) is 0 Å². The molecule has 0 N–H and O–H groups in total. The van der Waals surface area contributed by atoms with Crippen molar-refractivity contribution in [3.8, 4) is 0 Å². The predicted molar refractivity (Wildman–Crippen MR) is 166 cm³/mol. The molecular formula is C36H60Y2-2. The summed E-state index contributed by atoms with van der Waals surface area (Å²) in [6.45, 7) is 18.3. The Kier molecular flexibility index (Phi) is 25.3. The summed E-state index contributed by atoms with van der Waals surface area (Å²) < 4.78 is 0. The summed E-state index contributed by atoms with van der Waals surface area (Å²) in [7, 11) is 0. The third kappa shape index (κ3) is 15.6. The van der Waals surface area contributed by atoms with Crippen LogP contribution in [-0.2, 0) is 70.8 Å². The van der Waals surface area contributed by atoms with Gasteiger partial charge in [-0.3, -0.25) is 0 Å². The van der Waals surface area contributed by atoms with Gasteiger partial charge in [0.05, 0.1) is 0 Å². The summed E-state index contributed by atoms with van der Waals surface area (Å²) in [5.41, 5.74) is 5.43. The van der Waals surface area contributed by atoms with Gasteiger partial charge in [-0.1, -0.05) is 153 Å². The number of benzene rings is 2. The van der Waals surface area contributed by atoms with Gasteiger partial charge in [-0.2, -0.15) is 0 Å². The second-order valence-corrected chi connectivity index (χ2v) is 12.3. The van der Waals surface area contributed by atoms with Gasteiger partial charge in [0, 0.05) is 70.8 Å². The van der Waals surface area contributed by atoms with Crippen LogP contribution >= 0.6 is 0 Å². The topological polar surface area (TPSA) is 0 Å². The van der Waals surface area contributed by atoms with Crippen molar-refractivity contribution in [3.05, 3.63) is 85.6 Å². The molecule has 0 saturated heterocycles. The molecule has 2 aromatic rings. The van der Waals surface area contributed by atoms with Crippen molar-refractivity contribution in [1.82, 2.24) is 0 Å². The summed E-state index contributed by atoms with van der Waals surface area (Å²) in [5, 5.41) is 0. The monoisotopic (exact) mass is 670 g/mol. The quantitative estimate of drug-likeness (QED) is 0.285. The molecule has 0 nitrogen and oxygen atoms in total. The Morgan fingerprint density at radius 2 is 0.974 bits per heavy atom. The molecule has 0 amide bonds. The zero-order valence-electron chi connectivity index (χ0n) is 26.9. The Morgan fingerprint density at radius 3 is 1.26 bits per heavy atom. The molecule has 2 saturated carbocycles. The SMILES string of the molecule is CC1CCCC(C)C1.CCC1CCC(C)CC1.Cc1ccc(C(C)(C)c2ccc(C)cc2)cc1.[CH3-].[CH3-].[Y].[Y]. The predicted octanol–water partition coefficient (Wildman–Crippen LogP) is 11.6. The van der Waals surface area contributed by atoms with E-state index in [0.717, 1.165) is 23.7 Å². The Balaban J connectivity index is -0.000000502. The molecule has 2 fully saturated rings. The van der Waals surface area contributed by atoms with Gasteiger partial charge < -0.3 is 14.9 Å². The first-order chi connectivity index (χ1) is 16.1.